The Bertz CT molecular complexity index is 1590. The van der Waals surface area contributed by atoms with E-state index in [1.54, 1.807) is 44.9 Å². The standard InChI is InChI=1S/C42H56N4O5/c1-6-29-7-13-32(14-8-29)33-17-19-34(20-18-33)36-24-44-41(45-25-36)35-15-9-31(10-16-35)27-46(28-40(49)51-42(2,3)4)39(48)26-43-38(47)23-30-11-21-37(50-5)22-12-30/h9-12,15-16,19,21-22,24-25,29,32-33,39,48H,6-8,13-14,17-18,20,23,26-28H2,1-5H3,(H,43,47). The minimum Gasteiger partial charge on any atom is -0.497 e. The molecule has 1 aromatic heterocycles. The Morgan fingerprint density at radius 3 is 2.18 bits per heavy atom. The molecule has 1 heterocycles. The van der Waals surface area contributed by atoms with Crippen LogP contribution in [-0.2, 0) is 27.3 Å². The average Bonchev–Trinajstić information content (AvgIpc) is 3.13. The molecule has 2 atom stereocenters. The number of esters is 1. The van der Waals surface area contributed by atoms with Crippen LogP contribution in [0, 0.1) is 17.8 Å². The lowest BCUT2D eigenvalue weighted by Crippen LogP contribution is -2.46. The second-order valence-electron chi connectivity index (χ2n) is 15.2. The predicted octanol–water partition coefficient (Wildman–Crippen LogP) is 7.37. The van der Waals surface area contributed by atoms with Gasteiger partial charge in [0.15, 0.2) is 5.82 Å². The first-order chi connectivity index (χ1) is 24.5. The van der Waals surface area contributed by atoms with Gasteiger partial charge in [-0.15, -0.1) is 0 Å². The summed E-state index contributed by atoms with van der Waals surface area (Å²) in [6, 6.07) is 15.1. The zero-order chi connectivity index (χ0) is 36.4. The van der Waals surface area contributed by atoms with E-state index in [1.807, 2.05) is 48.8 Å². The maximum Gasteiger partial charge on any atom is 0.320 e. The third-order valence-electron chi connectivity index (χ3n) is 10.4. The number of aliphatic hydroxyl groups is 1. The zero-order valence-electron chi connectivity index (χ0n) is 31.1. The number of aromatic nitrogens is 2. The van der Waals surface area contributed by atoms with Gasteiger partial charge in [0.05, 0.1) is 26.6 Å². The SMILES string of the molecule is CCC1CCC(C2CC=C(c3cnc(-c4ccc(CN(CC(=O)OC(C)(C)C)C(O)CNC(=O)Cc5ccc(OC)cc5)cc4)nc3)CC2)CC1. The Balaban J connectivity index is 1.17. The molecular formula is C42H56N4O5. The van der Waals surface area contributed by atoms with Gasteiger partial charge in [-0.25, -0.2) is 9.97 Å². The molecule has 51 heavy (non-hydrogen) atoms. The molecule has 0 aliphatic heterocycles. The van der Waals surface area contributed by atoms with Crippen molar-refractivity contribution < 1.29 is 24.2 Å². The first kappa shape index (κ1) is 38.2. The van der Waals surface area contributed by atoms with Gasteiger partial charge < -0.3 is 19.9 Å². The summed E-state index contributed by atoms with van der Waals surface area (Å²) < 4.78 is 10.7. The second-order valence-corrected chi connectivity index (χ2v) is 15.2. The number of hydrogen-bond acceptors (Lipinski definition) is 8. The number of aliphatic hydroxyl groups excluding tert-OH is 1. The summed E-state index contributed by atoms with van der Waals surface area (Å²) in [7, 11) is 1.59. The van der Waals surface area contributed by atoms with Crippen molar-refractivity contribution in [3.05, 3.63) is 83.7 Å². The molecule has 2 aliphatic carbocycles. The highest BCUT2D eigenvalue weighted by Gasteiger charge is 2.28. The number of allylic oxidation sites excluding steroid dienone is 2. The first-order valence-electron chi connectivity index (χ1n) is 18.6. The van der Waals surface area contributed by atoms with Crippen molar-refractivity contribution in [2.24, 2.45) is 17.8 Å². The van der Waals surface area contributed by atoms with E-state index in [1.165, 1.54) is 44.1 Å². The second kappa shape index (κ2) is 17.9. The molecule has 3 aromatic rings. The van der Waals surface area contributed by atoms with Crippen LogP contribution in [0.15, 0.2) is 67.0 Å². The van der Waals surface area contributed by atoms with Crippen molar-refractivity contribution in [1.29, 1.82) is 0 Å². The van der Waals surface area contributed by atoms with Crippen molar-refractivity contribution in [2.75, 3.05) is 20.2 Å². The van der Waals surface area contributed by atoms with Crippen LogP contribution in [0.4, 0.5) is 0 Å². The molecule has 0 radical (unpaired) electrons. The molecule has 1 saturated carbocycles. The molecule has 0 saturated heterocycles. The minimum absolute atomic E-state index is 0.0485. The Labute approximate surface area is 303 Å². The van der Waals surface area contributed by atoms with Gasteiger partial charge in [0.2, 0.25) is 5.91 Å². The van der Waals surface area contributed by atoms with Gasteiger partial charge in [0.1, 0.15) is 17.6 Å². The molecule has 2 aromatic carbocycles. The third-order valence-corrected chi connectivity index (χ3v) is 10.4. The molecule has 5 rings (SSSR count). The van der Waals surface area contributed by atoms with Gasteiger partial charge in [-0.2, -0.15) is 0 Å². The molecule has 9 nitrogen and oxygen atoms in total. The molecular weight excluding hydrogens is 640 g/mol. The number of carbonyl (C=O) groups excluding carboxylic acids is 2. The summed E-state index contributed by atoms with van der Waals surface area (Å²) >= 11 is 0. The Morgan fingerprint density at radius 1 is 0.922 bits per heavy atom. The van der Waals surface area contributed by atoms with E-state index >= 15 is 0 Å². The smallest absolute Gasteiger partial charge is 0.320 e. The number of methoxy groups -OCH3 is 1. The molecule has 2 unspecified atom stereocenters. The van der Waals surface area contributed by atoms with Crippen LogP contribution in [0.2, 0.25) is 0 Å². The third kappa shape index (κ3) is 11.5. The van der Waals surface area contributed by atoms with E-state index in [9.17, 15) is 14.7 Å². The molecule has 1 amide bonds. The average molecular weight is 697 g/mol. The van der Waals surface area contributed by atoms with Crippen LogP contribution in [0.5, 0.6) is 5.75 Å². The number of rotatable bonds is 14. The highest BCUT2D eigenvalue weighted by atomic mass is 16.6. The quantitative estimate of drug-likeness (QED) is 0.133. The molecule has 2 N–H and O–H groups in total. The summed E-state index contributed by atoms with van der Waals surface area (Å²) in [5, 5.41) is 13.9. The number of carbonyl (C=O) groups is 2. The van der Waals surface area contributed by atoms with Crippen molar-refractivity contribution in [3.8, 4) is 17.1 Å². The summed E-state index contributed by atoms with van der Waals surface area (Å²) in [6.45, 7) is 7.82. The maximum absolute atomic E-state index is 12.8. The van der Waals surface area contributed by atoms with E-state index in [4.69, 9.17) is 19.4 Å². The Kier molecular flexibility index (Phi) is 13.4. The van der Waals surface area contributed by atoms with Crippen LogP contribution < -0.4 is 10.1 Å². The molecule has 274 valence electrons. The van der Waals surface area contributed by atoms with Gasteiger partial charge in [0, 0.05) is 30.1 Å². The Morgan fingerprint density at radius 2 is 1.59 bits per heavy atom. The van der Waals surface area contributed by atoms with E-state index in [0.29, 0.717) is 11.6 Å². The number of amides is 1. The zero-order valence-corrected chi connectivity index (χ0v) is 31.1. The molecule has 0 bridgehead atoms. The van der Waals surface area contributed by atoms with Crippen LogP contribution >= 0.6 is 0 Å². The predicted molar refractivity (Wildman–Crippen MR) is 200 cm³/mol. The van der Waals surface area contributed by atoms with Crippen molar-refractivity contribution in [2.45, 2.75) is 104 Å². The largest absolute Gasteiger partial charge is 0.497 e. The van der Waals surface area contributed by atoms with Gasteiger partial charge in [-0.05, 0) is 99.5 Å². The van der Waals surface area contributed by atoms with Gasteiger partial charge in [0.25, 0.3) is 0 Å². The van der Waals surface area contributed by atoms with Gasteiger partial charge in [-0.3, -0.25) is 14.5 Å². The topological polar surface area (TPSA) is 114 Å². The van der Waals surface area contributed by atoms with E-state index < -0.39 is 17.8 Å². The van der Waals surface area contributed by atoms with Crippen LogP contribution in [0.3, 0.4) is 0 Å². The van der Waals surface area contributed by atoms with Crippen molar-refractivity contribution in [3.63, 3.8) is 0 Å². The molecule has 0 spiro atoms. The number of nitrogens with one attached hydrogen (secondary N) is 1. The fourth-order valence-corrected chi connectivity index (χ4v) is 7.38. The van der Waals surface area contributed by atoms with E-state index in [2.05, 4.69) is 18.3 Å². The summed E-state index contributed by atoms with van der Waals surface area (Å²) in [4.78, 5) is 36.5. The first-order valence-corrected chi connectivity index (χ1v) is 18.6. The van der Waals surface area contributed by atoms with Gasteiger partial charge >= 0.3 is 5.97 Å². The van der Waals surface area contributed by atoms with Crippen LogP contribution in [0.25, 0.3) is 17.0 Å². The normalized spacial score (nSPS) is 20.0. The van der Waals surface area contributed by atoms with Crippen LogP contribution in [0.1, 0.15) is 95.8 Å². The lowest BCUT2D eigenvalue weighted by atomic mass is 9.71. The number of ether oxygens (including phenoxy) is 2. The molecule has 1 fully saturated rings. The van der Waals surface area contributed by atoms with E-state index in [-0.39, 0.29) is 32.0 Å². The number of benzene rings is 2. The number of nitrogens with zero attached hydrogens (tertiary/aromatic N) is 3. The van der Waals surface area contributed by atoms with Crippen molar-refractivity contribution >= 4 is 17.4 Å². The summed E-state index contributed by atoms with van der Waals surface area (Å²) in [6.07, 6.45) is 15.8. The highest BCUT2D eigenvalue weighted by Crippen LogP contribution is 2.41. The molecule has 2 aliphatic rings. The van der Waals surface area contributed by atoms with Crippen LogP contribution in [-0.4, -0.2) is 63.9 Å². The molecule has 9 heteroatoms. The lowest BCUT2D eigenvalue weighted by molar-refractivity contribution is -0.159. The fraction of sp³-hybridized carbons (Fsp3) is 0.524. The monoisotopic (exact) mass is 696 g/mol. The highest BCUT2D eigenvalue weighted by molar-refractivity contribution is 5.78. The fourth-order valence-electron chi connectivity index (χ4n) is 7.38. The lowest BCUT2D eigenvalue weighted by Gasteiger charge is -2.35. The number of hydrogen-bond donors (Lipinski definition) is 2. The van der Waals surface area contributed by atoms with Crippen molar-refractivity contribution in [1.82, 2.24) is 20.2 Å². The minimum atomic E-state index is -1.12. The van der Waals surface area contributed by atoms with Gasteiger partial charge in [-0.1, -0.05) is 68.7 Å². The summed E-state index contributed by atoms with van der Waals surface area (Å²) in [5.41, 5.74) is 4.39. The van der Waals surface area contributed by atoms with E-state index in [0.717, 1.165) is 52.8 Å². The Hall–Kier alpha value is -4.08. The maximum atomic E-state index is 12.8. The summed E-state index contributed by atoms with van der Waals surface area (Å²) in [5.74, 6) is 3.31.